The molecule has 1 fully saturated rings. The van der Waals surface area contributed by atoms with Gasteiger partial charge in [0.25, 0.3) is 5.69 Å². The summed E-state index contributed by atoms with van der Waals surface area (Å²) in [6.07, 6.45) is 2.12. The zero-order chi connectivity index (χ0) is 13.1. The van der Waals surface area contributed by atoms with Gasteiger partial charge in [-0.15, -0.1) is 0 Å². The molecular formula is C12H16ClN3O2. The standard InChI is InChI=1S/C12H16ClN3O2/c1-15-6-2-3-10(8-15)14-11-7-9(13)4-5-12(11)16(17)18/h4-5,7,10,14H,2-3,6,8H2,1H3. The predicted octanol–water partition coefficient (Wildman–Crippen LogP) is 2.75. The molecular weight excluding hydrogens is 254 g/mol. The maximum Gasteiger partial charge on any atom is 0.292 e. The van der Waals surface area contributed by atoms with Gasteiger partial charge in [0.1, 0.15) is 5.69 Å². The topological polar surface area (TPSA) is 58.4 Å². The van der Waals surface area contributed by atoms with Gasteiger partial charge >= 0.3 is 0 Å². The maximum atomic E-state index is 11.0. The molecule has 1 heterocycles. The number of hydrogen-bond acceptors (Lipinski definition) is 4. The third-order valence-electron chi connectivity index (χ3n) is 3.14. The Bertz CT molecular complexity index is 453. The van der Waals surface area contributed by atoms with Crippen molar-refractivity contribution in [1.82, 2.24) is 4.90 Å². The first-order valence-corrected chi connectivity index (χ1v) is 6.33. The molecule has 1 saturated heterocycles. The van der Waals surface area contributed by atoms with Crippen LogP contribution in [0.15, 0.2) is 18.2 Å². The molecule has 2 rings (SSSR count). The Morgan fingerprint density at radius 1 is 1.56 bits per heavy atom. The van der Waals surface area contributed by atoms with Crippen molar-refractivity contribution in [3.05, 3.63) is 33.3 Å². The number of benzene rings is 1. The van der Waals surface area contributed by atoms with E-state index in [1.807, 2.05) is 0 Å². The van der Waals surface area contributed by atoms with Crippen molar-refractivity contribution in [2.24, 2.45) is 0 Å². The summed E-state index contributed by atoms with van der Waals surface area (Å²) in [7, 11) is 2.06. The van der Waals surface area contributed by atoms with E-state index in [0.717, 1.165) is 25.9 Å². The van der Waals surface area contributed by atoms with Crippen LogP contribution in [0, 0.1) is 10.1 Å². The Morgan fingerprint density at radius 2 is 2.33 bits per heavy atom. The van der Waals surface area contributed by atoms with Gasteiger partial charge < -0.3 is 10.2 Å². The molecule has 98 valence electrons. The zero-order valence-electron chi connectivity index (χ0n) is 10.2. The molecule has 1 atom stereocenters. The highest BCUT2D eigenvalue weighted by Crippen LogP contribution is 2.29. The minimum Gasteiger partial charge on any atom is -0.375 e. The molecule has 0 radical (unpaired) electrons. The molecule has 1 aliphatic heterocycles. The average Bonchev–Trinajstić information content (AvgIpc) is 2.28. The van der Waals surface area contributed by atoms with Crippen LogP contribution < -0.4 is 5.32 Å². The minimum absolute atomic E-state index is 0.0765. The predicted molar refractivity (Wildman–Crippen MR) is 72.2 cm³/mol. The lowest BCUT2D eigenvalue weighted by atomic mass is 10.1. The van der Waals surface area contributed by atoms with Crippen molar-refractivity contribution in [2.75, 3.05) is 25.5 Å². The summed E-state index contributed by atoms with van der Waals surface area (Å²) in [6, 6.07) is 4.84. The number of nitro benzene ring substituents is 1. The number of rotatable bonds is 3. The lowest BCUT2D eigenvalue weighted by molar-refractivity contribution is -0.384. The number of halogens is 1. The summed E-state index contributed by atoms with van der Waals surface area (Å²) in [5.41, 5.74) is 0.584. The third kappa shape index (κ3) is 3.11. The van der Waals surface area contributed by atoms with E-state index in [0.29, 0.717) is 10.7 Å². The molecule has 1 N–H and O–H groups in total. The molecule has 1 aromatic rings. The molecule has 0 aliphatic carbocycles. The van der Waals surface area contributed by atoms with Gasteiger partial charge in [0.05, 0.1) is 4.92 Å². The lowest BCUT2D eigenvalue weighted by Gasteiger charge is -2.30. The Hall–Kier alpha value is -1.33. The van der Waals surface area contributed by atoms with Crippen LogP contribution in [0.2, 0.25) is 5.02 Å². The number of piperidine rings is 1. The largest absolute Gasteiger partial charge is 0.375 e. The van der Waals surface area contributed by atoms with Crippen LogP contribution in [0.4, 0.5) is 11.4 Å². The SMILES string of the molecule is CN1CCCC(Nc2cc(Cl)ccc2[N+](=O)[O-])C1. The third-order valence-corrected chi connectivity index (χ3v) is 3.37. The van der Waals surface area contributed by atoms with Gasteiger partial charge in [-0.3, -0.25) is 10.1 Å². The van der Waals surface area contributed by atoms with E-state index in [1.165, 1.54) is 12.1 Å². The fraction of sp³-hybridized carbons (Fsp3) is 0.500. The Kier molecular flexibility index (Phi) is 4.04. The van der Waals surface area contributed by atoms with Gasteiger partial charge in [-0.1, -0.05) is 11.6 Å². The van der Waals surface area contributed by atoms with Gasteiger partial charge in [-0.25, -0.2) is 0 Å². The van der Waals surface area contributed by atoms with Crippen molar-refractivity contribution < 1.29 is 4.92 Å². The van der Waals surface area contributed by atoms with E-state index in [-0.39, 0.29) is 16.7 Å². The Balaban J connectivity index is 2.16. The molecule has 5 nitrogen and oxygen atoms in total. The van der Waals surface area contributed by atoms with Gasteiger partial charge in [-0.2, -0.15) is 0 Å². The van der Waals surface area contributed by atoms with Crippen LogP contribution >= 0.6 is 11.6 Å². The molecule has 0 spiro atoms. The van der Waals surface area contributed by atoms with Gasteiger partial charge in [0, 0.05) is 23.7 Å². The smallest absolute Gasteiger partial charge is 0.292 e. The lowest BCUT2D eigenvalue weighted by Crippen LogP contribution is -2.39. The summed E-state index contributed by atoms with van der Waals surface area (Å²) in [5, 5.41) is 14.7. The fourth-order valence-electron chi connectivity index (χ4n) is 2.29. The highest BCUT2D eigenvalue weighted by atomic mass is 35.5. The summed E-state index contributed by atoms with van der Waals surface area (Å²) < 4.78 is 0. The molecule has 6 heteroatoms. The van der Waals surface area contributed by atoms with Crippen molar-refractivity contribution in [1.29, 1.82) is 0 Å². The van der Waals surface area contributed by atoms with E-state index < -0.39 is 0 Å². The van der Waals surface area contributed by atoms with Gasteiger partial charge in [0.2, 0.25) is 0 Å². The van der Waals surface area contributed by atoms with E-state index in [9.17, 15) is 10.1 Å². The average molecular weight is 270 g/mol. The number of likely N-dealkylation sites (N-methyl/N-ethyl adjacent to an activating group) is 1. The second kappa shape index (κ2) is 5.54. The highest BCUT2D eigenvalue weighted by Gasteiger charge is 2.21. The Labute approximate surface area is 111 Å². The normalized spacial score (nSPS) is 20.7. The first kappa shape index (κ1) is 13.1. The van der Waals surface area contributed by atoms with Crippen LogP contribution in [0.25, 0.3) is 0 Å². The molecule has 0 amide bonds. The number of nitrogens with zero attached hydrogens (tertiary/aromatic N) is 2. The Morgan fingerprint density at radius 3 is 3.00 bits per heavy atom. The molecule has 1 aliphatic rings. The second-order valence-electron chi connectivity index (χ2n) is 4.66. The summed E-state index contributed by atoms with van der Waals surface area (Å²) in [5.74, 6) is 0. The van der Waals surface area contributed by atoms with Crippen molar-refractivity contribution in [2.45, 2.75) is 18.9 Å². The molecule has 1 aromatic carbocycles. The van der Waals surface area contributed by atoms with E-state index in [4.69, 9.17) is 11.6 Å². The number of hydrogen-bond donors (Lipinski definition) is 1. The quantitative estimate of drug-likeness (QED) is 0.677. The highest BCUT2D eigenvalue weighted by molar-refractivity contribution is 6.31. The first-order chi connectivity index (χ1) is 8.56. The summed E-state index contributed by atoms with van der Waals surface area (Å²) in [6.45, 7) is 1.97. The monoisotopic (exact) mass is 269 g/mol. The fourth-order valence-corrected chi connectivity index (χ4v) is 2.46. The first-order valence-electron chi connectivity index (χ1n) is 5.95. The number of nitrogens with one attached hydrogen (secondary N) is 1. The summed E-state index contributed by atoms with van der Waals surface area (Å²) in [4.78, 5) is 12.8. The van der Waals surface area contributed by atoms with E-state index in [2.05, 4.69) is 17.3 Å². The summed E-state index contributed by atoms with van der Waals surface area (Å²) >= 11 is 5.89. The van der Waals surface area contributed by atoms with Crippen molar-refractivity contribution in [3.8, 4) is 0 Å². The van der Waals surface area contributed by atoms with Crippen LogP contribution in [0.3, 0.4) is 0 Å². The molecule has 0 saturated carbocycles. The van der Waals surface area contributed by atoms with Crippen molar-refractivity contribution in [3.63, 3.8) is 0 Å². The molecule has 1 unspecified atom stereocenters. The maximum absolute atomic E-state index is 11.0. The minimum atomic E-state index is -0.384. The van der Waals surface area contributed by atoms with Crippen LogP contribution in [0.1, 0.15) is 12.8 Å². The van der Waals surface area contributed by atoms with E-state index >= 15 is 0 Å². The van der Waals surface area contributed by atoms with Crippen LogP contribution in [0.5, 0.6) is 0 Å². The van der Waals surface area contributed by atoms with Crippen LogP contribution in [-0.4, -0.2) is 36.0 Å². The van der Waals surface area contributed by atoms with Crippen molar-refractivity contribution >= 4 is 23.0 Å². The number of likely N-dealkylation sites (tertiary alicyclic amines) is 1. The second-order valence-corrected chi connectivity index (χ2v) is 5.10. The van der Waals surface area contributed by atoms with E-state index in [1.54, 1.807) is 6.07 Å². The zero-order valence-corrected chi connectivity index (χ0v) is 11.0. The molecule has 18 heavy (non-hydrogen) atoms. The van der Waals surface area contributed by atoms with Crippen LogP contribution in [-0.2, 0) is 0 Å². The van der Waals surface area contributed by atoms with Gasteiger partial charge in [0.15, 0.2) is 0 Å². The molecule has 0 bridgehead atoms. The number of anilines is 1. The van der Waals surface area contributed by atoms with Gasteiger partial charge in [-0.05, 0) is 38.6 Å². The molecule has 0 aromatic heterocycles. The number of nitro groups is 1.